The molecule has 0 aliphatic rings. The highest BCUT2D eigenvalue weighted by molar-refractivity contribution is 5.64. The number of hydrogen-bond donors (Lipinski definition) is 4. The van der Waals surface area contributed by atoms with Crippen LogP contribution in [0.25, 0.3) is 0 Å². The number of nitrogen functional groups attached to an aromatic ring is 4. The molecule has 190 valence electrons. The number of rotatable bonds is 8. The van der Waals surface area contributed by atoms with E-state index in [1.165, 1.54) is 0 Å². The summed E-state index contributed by atoms with van der Waals surface area (Å²) in [6.07, 6.45) is 0. The maximum atomic E-state index is 6.33. The lowest BCUT2D eigenvalue weighted by molar-refractivity contribution is 0.366. The summed E-state index contributed by atoms with van der Waals surface area (Å²) in [7, 11) is 0. The van der Waals surface area contributed by atoms with Gasteiger partial charge in [-0.2, -0.15) is 0 Å². The van der Waals surface area contributed by atoms with E-state index in [0.717, 1.165) is 0 Å². The van der Waals surface area contributed by atoms with Crippen LogP contribution in [0.1, 0.15) is 0 Å². The molecule has 0 bridgehead atoms. The molecule has 0 fully saturated rings. The van der Waals surface area contributed by atoms with Crippen LogP contribution in [0.2, 0.25) is 0 Å². The Kier molecular flexibility index (Phi) is 6.77. The van der Waals surface area contributed by atoms with Crippen molar-refractivity contribution in [3.8, 4) is 46.0 Å². The summed E-state index contributed by atoms with van der Waals surface area (Å²) in [5.74, 6) is 3.36. The summed E-state index contributed by atoms with van der Waals surface area (Å²) < 4.78 is 25.1. The van der Waals surface area contributed by atoms with Crippen molar-refractivity contribution in [2.75, 3.05) is 22.9 Å². The summed E-state index contributed by atoms with van der Waals surface area (Å²) >= 11 is 0. The van der Waals surface area contributed by atoms with E-state index in [0.29, 0.717) is 57.2 Å². The highest BCUT2D eigenvalue weighted by Gasteiger charge is 2.22. The van der Waals surface area contributed by atoms with E-state index in [9.17, 15) is 0 Å². The molecular formula is C30H26N4O4. The minimum Gasteiger partial charge on any atom is -0.453 e. The lowest BCUT2D eigenvalue weighted by Crippen LogP contribution is -1.98. The third-order valence-corrected chi connectivity index (χ3v) is 5.41. The minimum absolute atomic E-state index is 0.266. The topological polar surface area (TPSA) is 141 Å². The van der Waals surface area contributed by atoms with E-state index in [4.69, 9.17) is 41.9 Å². The molecule has 0 heterocycles. The van der Waals surface area contributed by atoms with E-state index in [-0.39, 0.29) is 11.5 Å². The first-order valence-electron chi connectivity index (χ1n) is 11.7. The second-order valence-corrected chi connectivity index (χ2v) is 8.41. The zero-order chi connectivity index (χ0) is 26.5. The maximum Gasteiger partial charge on any atom is 0.216 e. The van der Waals surface area contributed by atoms with Gasteiger partial charge < -0.3 is 41.9 Å². The van der Waals surface area contributed by atoms with Crippen LogP contribution in [0.3, 0.4) is 0 Å². The number of nitrogens with two attached hydrogens (primary N) is 4. The van der Waals surface area contributed by atoms with Crippen molar-refractivity contribution in [3.05, 3.63) is 109 Å². The number of benzene rings is 5. The molecule has 0 saturated carbocycles. The van der Waals surface area contributed by atoms with Crippen LogP contribution < -0.4 is 41.9 Å². The first-order chi connectivity index (χ1) is 18.4. The van der Waals surface area contributed by atoms with Gasteiger partial charge >= 0.3 is 0 Å². The average molecular weight is 507 g/mol. The fourth-order valence-electron chi connectivity index (χ4n) is 3.60. The molecule has 8 heteroatoms. The van der Waals surface area contributed by atoms with Crippen LogP contribution in [0.4, 0.5) is 22.7 Å². The largest absolute Gasteiger partial charge is 0.453 e. The molecule has 8 nitrogen and oxygen atoms in total. The summed E-state index contributed by atoms with van der Waals surface area (Å²) in [4.78, 5) is 0. The number of hydrogen-bond acceptors (Lipinski definition) is 8. The van der Waals surface area contributed by atoms with E-state index >= 15 is 0 Å². The molecule has 0 aliphatic heterocycles. The zero-order valence-electron chi connectivity index (χ0n) is 20.3. The Labute approximate surface area is 219 Å². The second-order valence-electron chi connectivity index (χ2n) is 8.41. The second kappa shape index (κ2) is 10.6. The van der Waals surface area contributed by atoms with Gasteiger partial charge in [-0.3, -0.25) is 0 Å². The molecule has 38 heavy (non-hydrogen) atoms. The van der Waals surface area contributed by atoms with Crippen molar-refractivity contribution in [1.29, 1.82) is 0 Å². The van der Waals surface area contributed by atoms with E-state index in [2.05, 4.69) is 0 Å². The maximum absolute atomic E-state index is 6.33. The first-order valence-corrected chi connectivity index (χ1v) is 11.7. The number of anilines is 4. The van der Waals surface area contributed by atoms with Crippen LogP contribution in [0.5, 0.6) is 46.0 Å². The standard InChI is InChI=1S/C30H26N4O4/c31-19-7-11-23(12-8-19)35-27-15-16-28(36-25-5-1-3-21(33)17-25)30(38-26-6-2-4-22(34)18-26)29(27)37-24-13-9-20(32)10-14-24/h1-18H,31-34H2. The van der Waals surface area contributed by atoms with Crippen LogP contribution in [-0.4, -0.2) is 0 Å². The first kappa shape index (κ1) is 24.2. The molecule has 0 radical (unpaired) electrons. The van der Waals surface area contributed by atoms with Gasteiger partial charge in [0.2, 0.25) is 11.5 Å². The third-order valence-electron chi connectivity index (χ3n) is 5.41. The number of ether oxygens (including phenoxy) is 4. The molecule has 0 atom stereocenters. The van der Waals surface area contributed by atoms with Gasteiger partial charge in [-0.1, -0.05) is 12.1 Å². The van der Waals surface area contributed by atoms with E-state index in [1.54, 1.807) is 109 Å². The smallest absolute Gasteiger partial charge is 0.216 e. The molecular weight excluding hydrogens is 480 g/mol. The summed E-state index contributed by atoms with van der Waals surface area (Å²) in [5, 5.41) is 0. The van der Waals surface area contributed by atoms with Gasteiger partial charge in [-0.05, 0) is 84.9 Å². The normalized spacial score (nSPS) is 10.5. The Morgan fingerprint density at radius 2 is 0.737 bits per heavy atom. The van der Waals surface area contributed by atoms with Crippen molar-refractivity contribution in [1.82, 2.24) is 0 Å². The molecule has 0 spiro atoms. The van der Waals surface area contributed by atoms with Crippen molar-refractivity contribution in [2.24, 2.45) is 0 Å². The Morgan fingerprint density at radius 1 is 0.342 bits per heavy atom. The molecule has 0 unspecified atom stereocenters. The summed E-state index contributed by atoms with van der Waals surface area (Å²) in [5.41, 5.74) is 26.0. The SMILES string of the molecule is Nc1ccc(Oc2ccc(Oc3cccc(N)c3)c(Oc3cccc(N)c3)c2Oc2ccc(N)cc2)cc1. The van der Waals surface area contributed by atoms with Gasteiger partial charge in [-0.25, -0.2) is 0 Å². The van der Waals surface area contributed by atoms with Gasteiger partial charge in [0, 0.05) is 34.9 Å². The fraction of sp³-hybridized carbons (Fsp3) is 0. The Morgan fingerprint density at radius 3 is 1.21 bits per heavy atom. The Balaban J connectivity index is 1.64. The predicted molar refractivity (Wildman–Crippen MR) is 150 cm³/mol. The van der Waals surface area contributed by atoms with Crippen LogP contribution in [0.15, 0.2) is 109 Å². The van der Waals surface area contributed by atoms with Crippen LogP contribution in [0, 0.1) is 0 Å². The summed E-state index contributed by atoms with van der Waals surface area (Å²) in [6, 6.07) is 31.6. The molecule has 5 aromatic carbocycles. The molecule has 0 saturated heterocycles. The van der Waals surface area contributed by atoms with Gasteiger partial charge in [-0.15, -0.1) is 0 Å². The lowest BCUT2D eigenvalue weighted by atomic mass is 10.2. The van der Waals surface area contributed by atoms with Gasteiger partial charge in [0.05, 0.1) is 0 Å². The molecule has 0 aromatic heterocycles. The van der Waals surface area contributed by atoms with Gasteiger partial charge in [0.25, 0.3) is 0 Å². The third kappa shape index (κ3) is 5.83. The van der Waals surface area contributed by atoms with Gasteiger partial charge in [0.15, 0.2) is 11.5 Å². The van der Waals surface area contributed by atoms with Crippen LogP contribution >= 0.6 is 0 Å². The van der Waals surface area contributed by atoms with Crippen LogP contribution in [-0.2, 0) is 0 Å². The van der Waals surface area contributed by atoms with E-state index < -0.39 is 0 Å². The highest BCUT2D eigenvalue weighted by Crippen LogP contribution is 2.50. The Bertz CT molecular complexity index is 1550. The molecule has 5 aromatic rings. The molecule has 0 aliphatic carbocycles. The van der Waals surface area contributed by atoms with Crippen molar-refractivity contribution < 1.29 is 18.9 Å². The average Bonchev–Trinajstić information content (AvgIpc) is 2.90. The van der Waals surface area contributed by atoms with Gasteiger partial charge in [0.1, 0.15) is 23.0 Å². The van der Waals surface area contributed by atoms with E-state index in [1.807, 2.05) is 0 Å². The predicted octanol–water partition coefficient (Wildman–Crippen LogP) is 7.18. The fourth-order valence-corrected chi connectivity index (χ4v) is 3.60. The quantitative estimate of drug-likeness (QED) is 0.162. The molecule has 0 amide bonds. The Hall–Kier alpha value is -5.50. The van der Waals surface area contributed by atoms with Crippen molar-refractivity contribution in [2.45, 2.75) is 0 Å². The molecule has 5 rings (SSSR count). The van der Waals surface area contributed by atoms with Crippen molar-refractivity contribution >= 4 is 22.7 Å². The van der Waals surface area contributed by atoms with Crippen molar-refractivity contribution in [3.63, 3.8) is 0 Å². The lowest BCUT2D eigenvalue weighted by Gasteiger charge is -2.20. The summed E-state index contributed by atoms with van der Waals surface area (Å²) in [6.45, 7) is 0. The minimum atomic E-state index is 0.266. The highest BCUT2D eigenvalue weighted by atomic mass is 16.6. The molecule has 8 N–H and O–H groups in total. The monoisotopic (exact) mass is 506 g/mol. The zero-order valence-corrected chi connectivity index (χ0v) is 20.3.